The minimum absolute atomic E-state index is 0.691. The van der Waals surface area contributed by atoms with Gasteiger partial charge in [0, 0.05) is 11.6 Å². The van der Waals surface area contributed by atoms with E-state index in [9.17, 15) is 0 Å². The van der Waals surface area contributed by atoms with Crippen molar-refractivity contribution in [1.82, 2.24) is 4.98 Å². The number of nitrogens with two attached hydrogens (primary N) is 1. The minimum Gasteiger partial charge on any atom is -0.397 e. The predicted molar refractivity (Wildman–Crippen MR) is 85.6 cm³/mol. The Morgan fingerprint density at radius 2 is 1.95 bits per heavy atom. The van der Waals surface area contributed by atoms with Crippen LogP contribution in [0.4, 0.5) is 17.1 Å². The summed E-state index contributed by atoms with van der Waals surface area (Å²) in [6.45, 7) is 2.03. The van der Waals surface area contributed by atoms with Gasteiger partial charge in [0.1, 0.15) is 0 Å². The first-order chi connectivity index (χ1) is 9.65. The van der Waals surface area contributed by atoms with Gasteiger partial charge in [0.25, 0.3) is 0 Å². The number of nitrogens with one attached hydrogen (secondary N) is 1. The highest BCUT2D eigenvalue weighted by Gasteiger charge is 2.07. The Balaban J connectivity index is 2.11. The van der Waals surface area contributed by atoms with Crippen molar-refractivity contribution in [3.05, 3.63) is 59.2 Å². The smallest absolute Gasteiger partial charge is 0.0951 e. The maximum atomic E-state index is 6.20. The van der Waals surface area contributed by atoms with Crippen molar-refractivity contribution in [1.29, 1.82) is 0 Å². The van der Waals surface area contributed by atoms with Gasteiger partial charge in [-0.25, -0.2) is 0 Å². The van der Waals surface area contributed by atoms with Gasteiger partial charge in [-0.3, -0.25) is 4.98 Å². The van der Waals surface area contributed by atoms with Crippen LogP contribution in [0.25, 0.3) is 10.9 Å². The van der Waals surface area contributed by atoms with E-state index in [2.05, 4.69) is 10.3 Å². The number of halogens is 1. The normalized spacial score (nSPS) is 10.7. The zero-order chi connectivity index (χ0) is 14.1. The lowest BCUT2D eigenvalue weighted by Gasteiger charge is -2.12. The predicted octanol–water partition coefficient (Wildman–Crippen LogP) is 4.52. The zero-order valence-electron chi connectivity index (χ0n) is 11.0. The molecule has 0 atom stereocenters. The number of nitrogens with zero attached hydrogens (tertiary/aromatic N) is 1. The fourth-order valence-corrected chi connectivity index (χ4v) is 2.38. The van der Waals surface area contributed by atoms with E-state index >= 15 is 0 Å². The van der Waals surface area contributed by atoms with E-state index in [1.54, 1.807) is 6.20 Å². The number of hydrogen-bond donors (Lipinski definition) is 2. The number of hydrogen-bond acceptors (Lipinski definition) is 3. The highest BCUT2D eigenvalue weighted by molar-refractivity contribution is 6.35. The second kappa shape index (κ2) is 5.02. The zero-order valence-corrected chi connectivity index (χ0v) is 11.8. The van der Waals surface area contributed by atoms with Crippen LogP contribution in [0.1, 0.15) is 5.56 Å². The molecule has 100 valence electrons. The molecule has 0 bridgehead atoms. The second-order valence-corrected chi connectivity index (χ2v) is 5.12. The van der Waals surface area contributed by atoms with E-state index < -0.39 is 0 Å². The standard InChI is InChI=1S/C16H14ClN3/c1-10-4-6-13(18)15(9-10)20-14-7-5-12(17)11-3-2-8-19-16(11)14/h2-9,20H,18H2,1H3. The molecule has 1 aromatic heterocycles. The van der Waals surface area contributed by atoms with Crippen LogP contribution in [0.3, 0.4) is 0 Å². The molecule has 2 aromatic carbocycles. The minimum atomic E-state index is 0.691. The molecule has 0 aliphatic heterocycles. The van der Waals surface area contributed by atoms with Gasteiger partial charge in [-0.2, -0.15) is 0 Å². The maximum absolute atomic E-state index is 6.20. The average molecular weight is 284 g/mol. The Labute approximate surface area is 122 Å². The van der Waals surface area contributed by atoms with Crippen LogP contribution in [-0.2, 0) is 0 Å². The summed E-state index contributed by atoms with van der Waals surface area (Å²) in [7, 11) is 0. The summed E-state index contributed by atoms with van der Waals surface area (Å²) in [5.41, 5.74) is 10.5. The molecule has 4 heteroatoms. The van der Waals surface area contributed by atoms with Crippen molar-refractivity contribution in [3.63, 3.8) is 0 Å². The highest BCUT2D eigenvalue weighted by atomic mass is 35.5. The third kappa shape index (κ3) is 2.28. The Morgan fingerprint density at radius 3 is 2.80 bits per heavy atom. The fraction of sp³-hybridized carbons (Fsp3) is 0.0625. The van der Waals surface area contributed by atoms with Gasteiger partial charge in [0.15, 0.2) is 0 Å². The Bertz CT molecular complexity index is 784. The molecule has 0 aliphatic carbocycles. The summed E-state index contributed by atoms with van der Waals surface area (Å²) in [4.78, 5) is 4.40. The van der Waals surface area contributed by atoms with Crippen LogP contribution in [0.15, 0.2) is 48.7 Å². The first kappa shape index (κ1) is 12.8. The molecule has 0 unspecified atom stereocenters. The maximum Gasteiger partial charge on any atom is 0.0951 e. The Morgan fingerprint density at radius 1 is 1.10 bits per heavy atom. The number of aryl methyl sites for hydroxylation is 1. The van der Waals surface area contributed by atoms with Gasteiger partial charge < -0.3 is 11.1 Å². The van der Waals surface area contributed by atoms with Gasteiger partial charge in [-0.15, -0.1) is 0 Å². The molecule has 3 aromatic rings. The molecule has 0 spiro atoms. The first-order valence-electron chi connectivity index (χ1n) is 6.31. The number of pyridine rings is 1. The third-order valence-corrected chi connectivity index (χ3v) is 3.52. The number of fused-ring (bicyclic) bond motifs is 1. The summed E-state index contributed by atoms with van der Waals surface area (Å²) in [5.74, 6) is 0. The Kier molecular flexibility index (Phi) is 3.20. The molecular formula is C16H14ClN3. The number of benzene rings is 2. The van der Waals surface area contributed by atoms with E-state index in [0.717, 1.165) is 27.8 Å². The summed E-state index contributed by atoms with van der Waals surface area (Å²) >= 11 is 6.20. The molecule has 0 radical (unpaired) electrons. The molecule has 1 heterocycles. The van der Waals surface area contributed by atoms with Crippen molar-refractivity contribution in [3.8, 4) is 0 Å². The molecule has 0 fully saturated rings. The van der Waals surface area contributed by atoms with E-state index in [1.165, 1.54) is 0 Å². The van der Waals surface area contributed by atoms with Crippen LogP contribution in [0, 0.1) is 6.92 Å². The number of nitrogen functional groups attached to an aromatic ring is 1. The van der Waals surface area contributed by atoms with Gasteiger partial charge in [-0.05, 0) is 48.9 Å². The van der Waals surface area contributed by atoms with E-state index in [1.807, 2.05) is 49.4 Å². The molecule has 3 rings (SSSR count). The highest BCUT2D eigenvalue weighted by Crippen LogP contribution is 2.31. The lowest BCUT2D eigenvalue weighted by Crippen LogP contribution is -1.98. The van der Waals surface area contributed by atoms with Gasteiger partial charge in [-0.1, -0.05) is 17.7 Å². The first-order valence-corrected chi connectivity index (χ1v) is 6.69. The molecule has 20 heavy (non-hydrogen) atoms. The number of rotatable bonds is 2. The van der Waals surface area contributed by atoms with Gasteiger partial charge in [0.2, 0.25) is 0 Å². The number of anilines is 3. The van der Waals surface area contributed by atoms with Crippen LogP contribution in [0.2, 0.25) is 5.02 Å². The molecule has 0 saturated heterocycles. The summed E-state index contributed by atoms with van der Waals surface area (Å²) in [6.07, 6.45) is 1.75. The van der Waals surface area contributed by atoms with Crippen molar-refractivity contribution in [2.24, 2.45) is 0 Å². The van der Waals surface area contributed by atoms with E-state index in [-0.39, 0.29) is 0 Å². The second-order valence-electron chi connectivity index (χ2n) is 4.71. The monoisotopic (exact) mass is 283 g/mol. The summed E-state index contributed by atoms with van der Waals surface area (Å²) in [6, 6.07) is 13.5. The summed E-state index contributed by atoms with van der Waals surface area (Å²) < 4.78 is 0. The van der Waals surface area contributed by atoms with Crippen molar-refractivity contribution >= 4 is 39.6 Å². The van der Waals surface area contributed by atoms with E-state index in [4.69, 9.17) is 17.3 Å². The quantitative estimate of drug-likeness (QED) is 0.680. The number of aromatic nitrogens is 1. The van der Waals surface area contributed by atoms with E-state index in [0.29, 0.717) is 10.7 Å². The van der Waals surface area contributed by atoms with Crippen LogP contribution < -0.4 is 11.1 Å². The topological polar surface area (TPSA) is 50.9 Å². The lowest BCUT2D eigenvalue weighted by molar-refractivity contribution is 1.40. The molecule has 0 saturated carbocycles. The van der Waals surface area contributed by atoms with Crippen molar-refractivity contribution < 1.29 is 0 Å². The fourth-order valence-electron chi connectivity index (χ4n) is 2.16. The van der Waals surface area contributed by atoms with Crippen molar-refractivity contribution in [2.45, 2.75) is 6.92 Å². The van der Waals surface area contributed by atoms with Crippen molar-refractivity contribution in [2.75, 3.05) is 11.1 Å². The summed E-state index contributed by atoms with van der Waals surface area (Å²) in [5, 5.41) is 4.95. The van der Waals surface area contributed by atoms with Crippen LogP contribution in [0.5, 0.6) is 0 Å². The molecule has 0 aliphatic rings. The molecular weight excluding hydrogens is 270 g/mol. The molecule has 3 nitrogen and oxygen atoms in total. The largest absolute Gasteiger partial charge is 0.397 e. The molecule has 0 amide bonds. The third-order valence-electron chi connectivity index (χ3n) is 3.19. The average Bonchev–Trinajstić information content (AvgIpc) is 2.46. The van der Waals surface area contributed by atoms with Crippen LogP contribution in [-0.4, -0.2) is 4.98 Å². The Hall–Kier alpha value is -2.26. The van der Waals surface area contributed by atoms with Gasteiger partial charge in [0.05, 0.1) is 27.6 Å². The SMILES string of the molecule is Cc1ccc(N)c(Nc2ccc(Cl)c3cccnc23)c1. The van der Waals surface area contributed by atoms with Crippen LogP contribution >= 0.6 is 11.6 Å². The van der Waals surface area contributed by atoms with Gasteiger partial charge >= 0.3 is 0 Å². The molecule has 3 N–H and O–H groups in total. The lowest BCUT2D eigenvalue weighted by atomic mass is 10.1.